The first-order chi connectivity index (χ1) is 13.1. The number of carbonyl (C=O) groups excluding carboxylic acids is 1. The Balaban J connectivity index is 1.83. The summed E-state index contributed by atoms with van der Waals surface area (Å²) in [6, 6.07) is 7.18. The molecule has 0 aliphatic carbocycles. The van der Waals surface area contributed by atoms with Crippen LogP contribution in [0.1, 0.15) is 27.1 Å². The summed E-state index contributed by atoms with van der Waals surface area (Å²) in [6.07, 6.45) is -4.75. The summed E-state index contributed by atoms with van der Waals surface area (Å²) in [5.74, 6) is -0.929. The molecule has 0 radical (unpaired) electrons. The molecule has 1 amide bonds. The molecule has 5 nitrogen and oxygen atoms in total. The summed E-state index contributed by atoms with van der Waals surface area (Å²) in [5.41, 5.74) is 0.229. The second-order valence-electron chi connectivity index (χ2n) is 6.45. The third-order valence-electron chi connectivity index (χ3n) is 4.72. The third kappa shape index (κ3) is 2.74. The Bertz CT molecular complexity index is 1140. The quantitative estimate of drug-likeness (QED) is 0.653. The number of H-pyrrole nitrogens is 1. The maximum absolute atomic E-state index is 14.0. The van der Waals surface area contributed by atoms with Gasteiger partial charge in [-0.25, -0.2) is 4.98 Å². The molecule has 0 saturated carbocycles. The molecule has 146 valence electrons. The van der Waals surface area contributed by atoms with Crippen molar-refractivity contribution in [3.05, 3.63) is 62.5 Å². The van der Waals surface area contributed by atoms with Crippen LogP contribution >= 0.6 is 23.1 Å². The summed E-state index contributed by atoms with van der Waals surface area (Å²) >= 11 is 1.67. The van der Waals surface area contributed by atoms with Gasteiger partial charge in [0, 0.05) is 4.88 Å². The summed E-state index contributed by atoms with van der Waals surface area (Å²) in [4.78, 5) is 30.5. The van der Waals surface area contributed by atoms with Crippen LogP contribution in [0.2, 0.25) is 0 Å². The van der Waals surface area contributed by atoms with E-state index < -0.39 is 27.8 Å². The standard InChI is InChI=1S/C18H14F3N3O2S2/c1-8-9(2)27-16-11(8)14(25)22-13(23-16)12-15(26)24-17(28-12,18(19,20)21)10-6-4-3-5-7-10/h3-7,12H,1-2H3,(H,24,26)(H,22,23,25)/t12-,17-/m1/s1. The number of nitrogens with one attached hydrogen (secondary N) is 2. The molecule has 2 N–H and O–H groups in total. The lowest BCUT2D eigenvalue weighted by molar-refractivity contribution is -0.171. The van der Waals surface area contributed by atoms with E-state index in [0.29, 0.717) is 22.0 Å². The van der Waals surface area contributed by atoms with Gasteiger partial charge in [0.15, 0.2) is 0 Å². The van der Waals surface area contributed by atoms with Crippen LogP contribution in [-0.2, 0) is 9.67 Å². The highest BCUT2D eigenvalue weighted by molar-refractivity contribution is 8.01. The number of aromatic nitrogens is 2. The first-order valence-electron chi connectivity index (χ1n) is 8.26. The summed E-state index contributed by atoms with van der Waals surface area (Å²) in [7, 11) is 0. The van der Waals surface area contributed by atoms with Gasteiger partial charge in [-0.15, -0.1) is 11.3 Å². The van der Waals surface area contributed by atoms with Gasteiger partial charge < -0.3 is 10.3 Å². The molecule has 0 bridgehead atoms. The lowest BCUT2D eigenvalue weighted by Gasteiger charge is -2.31. The number of aromatic amines is 1. The van der Waals surface area contributed by atoms with Crippen molar-refractivity contribution in [2.75, 3.05) is 0 Å². The average molecular weight is 425 g/mol. The molecule has 4 rings (SSSR count). The molecule has 1 aromatic carbocycles. The molecule has 0 unspecified atom stereocenters. The molecule has 0 spiro atoms. The zero-order valence-electron chi connectivity index (χ0n) is 14.7. The van der Waals surface area contributed by atoms with Crippen molar-refractivity contribution >= 4 is 39.2 Å². The number of halogens is 3. The minimum Gasteiger partial charge on any atom is -0.329 e. The molecular formula is C18H14F3N3O2S2. The second-order valence-corrected chi connectivity index (χ2v) is 8.97. The van der Waals surface area contributed by atoms with E-state index in [1.807, 2.05) is 6.92 Å². The van der Waals surface area contributed by atoms with E-state index in [0.717, 1.165) is 10.4 Å². The Labute approximate surface area is 165 Å². The molecular weight excluding hydrogens is 411 g/mol. The fourth-order valence-electron chi connectivity index (χ4n) is 3.19. The van der Waals surface area contributed by atoms with Crippen LogP contribution in [0.25, 0.3) is 10.2 Å². The van der Waals surface area contributed by atoms with Crippen LogP contribution in [0.15, 0.2) is 35.1 Å². The lowest BCUT2D eigenvalue weighted by atomic mass is 10.1. The predicted molar refractivity (Wildman–Crippen MR) is 102 cm³/mol. The van der Waals surface area contributed by atoms with E-state index in [1.54, 1.807) is 13.0 Å². The smallest absolute Gasteiger partial charge is 0.329 e. The van der Waals surface area contributed by atoms with Gasteiger partial charge in [-0.3, -0.25) is 9.59 Å². The fraction of sp³-hybridized carbons (Fsp3) is 0.278. The molecule has 1 fully saturated rings. The number of carbonyl (C=O) groups is 1. The number of nitrogens with zero attached hydrogens (tertiary/aromatic N) is 1. The Hall–Kier alpha value is -2.33. The number of hydrogen-bond acceptors (Lipinski definition) is 5. The van der Waals surface area contributed by atoms with Crippen molar-refractivity contribution in [1.29, 1.82) is 0 Å². The summed E-state index contributed by atoms with van der Waals surface area (Å²) < 4.78 is 42.1. The zero-order chi connectivity index (χ0) is 20.3. The highest BCUT2D eigenvalue weighted by atomic mass is 32.2. The van der Waals surface area contributed by atoms with Gasteiger partial charge in [0.1, 0.15) is 15.9 Å². The number of thiophene rings is 1. The molecule has 28 heavy (non-hydrogen) atoms. The summed E-state index contributed by atoms with van der Waals surface area (Å²) in [5, 5.41) is 1.21. The normalized spacial score (nSPS) is 22.6. The van der Waals surface area contributed by atoms with Crippen LogP contribution in [-0.4, -0.2) is 22.1 Å². The van der Waals surface area contributed by atoms with Gasteiger partial charge in [-0.2, -0.15) is 13.2 Å². The van der Waals surface area contributed by atoms with Crippen LogP contribution in [0.3, 0.4) is 0 Å². The SMILES string of the molecule is Cc1sc2nc([C@H]3S[C@](c4ccccc4)(C(F)(F)F)NC3=O)[nH]c(=O)c2c1C. The van der Waals surface area contributed by atoms with Gasteiger partial charge >= 0.3 is 6.18 Å². The molecule has 3 aromatic rings. The van der Waals surface area contributed by atoms with Crippen molar-refractivity contribution in [1.82, 2.24) is 15.3 Å². The second kappa shape index (κ2) is 6.35. The Morgan fingerprint density at radius 3 is 2.46 bits per heavy atom. The Kier molecular flexibility index (Phi) is 4.31. The molecule has 1 aliphatic heterocycles. The highest BCUT2D eigenvalue weighted by Crippen LogP contribution is 2.56. The molecule has 3 heterocycles. The van der Waals surface area contributed by atoms with E-state index in [-0.39, 0.29) is 11.4 Å². The topological polar surface area (TPSA) is 74.8 Å². The van der Waals surface area contributed by atoms with E-state index in [4.69, 9.17) is 0 Å². The first-order valence-corrected chi connectivity index (χ1v) is 9.95. The lowest BCUT2D eigenvalue weighted by Crippen LogP contribution is -2.49. The molecule has 2 atom stereocenters. The van der Waals surface area contributed by atoms with Crippen molar-refractivity contribution in [2.45, 2.75) is 30.1 Å². The minimum atomic E-state index is -4.75. The van der Waals surface area contributed by atoms with Crippen molar-refractivity contribution in [3.63, 3.8) is 0 Å². The van der Waals surface area contributed by atoms with Crippen LogP contribution in [0, 0.1) is 13.8 Å². The van der Waals surface area contributed by atoms with E-state index in [9.17, 15) is 22.8 Å². The third-order valence-corrected chi connectivity index (χ3v) is 7.41. The van der Waals surface area contributed by atoms with Crippen LogP contribution < -0.4 is 10.9 Å². The summed E-state index contributed by atoms with van der Waals surface area (Å²) in [6.45, 7) is 3.62. The van der Waals surface area contributed by atoms with E-state index in [2.05, 4.69) is 15.3 Å². The molecule has 10 heteroatoms. The minimum absolute atomic E-state index is 0.0803. The van der Waals surface area contributed by atoms with Crippen LogP contribution in [0.4, 0.5) is 13.2 Å². The van der Waals surface area contributed by atoms with Gasteiger partial charge in [-0.1, -0.05) is 42.1 Å². The van der Waals surface area contributed by atoms with Gasteiger partial charge in [-0.05, 0) is 25.0 Å². The Morgan fingerprint density at radius 1 is 1.14 bits per heavy atom. The number of benzene rings is 1. The average Bonchev–Trinajstić information content (AvgIpc) is 3.13. The number of hydrogen-bond donors (Lipinski definition) is 2. The number of amides is 1. The molecule has 1 aliphatic rings. The van der Waals surface area contributed by atoms with E-state index >= 15 is 0 Å². The van der Waals surface area contributed by atoms with Crippen molar-refractivity contribution in [3.8, 4) is 0 Å². The first kappa shape index (κ1) is 19.0. The molecule has 1 saturated heterocycles. The maximum atomic E-state index is 14.0. The van der Waals surface area contributed by atoms with Crippen LogP contribution in [0.5, 0.6) is 0 Å². The van der Waals surface area contributed by atoms with Crippen molar-refractivity contribution in [2.24, 2.45) is 0 Å². The molecule has 2 aromatic heterocycles. The van der Waals surface area contributed by atoms with Crippen molar-refractivity contribution < 1.29 is 18.0 Å². The number of alkyl halides is 3. The fourth-order valence-corrected chi connectivity index (χ4v) is 5.53. The predicted octanol–water partition coefficient (Wildman–Crippen LogP) is 3.92. The highest BCUT2D eigenvalue weighted by Gasteiger charge is 2.64. The largest absolute Gasteiger partial charge is 0.425 e. The van der Waals surface area contributed by atoms with Gasteiger partial charge in [0.25, 0.3) is 5.56 Å². The maximum Gasteiger partial charge on any atom is 0.425 e. The monoisotopic (exact) mass is 425 g/mol. The zero-order valence-corrected chi connectivity index (χ0v) is 16.3. The Morgan fingerprint density at radius 2 is 1.82 bits per heavy atom. The van der Waals surface area contributed by atoms with Gasteiger partial charge in [0.2, 0.25) is 10.8 Å². The number of aryl methyl sites for hydroxylation is 2. The number of fused-ring (bicyclic) bond motifs is 1. The van der Waals surface area contributed by atoms with E-state index in [1.165, 1.54) is 35.6 Å². The number of rotatable bonds is 2. The van der Waals surface area contributed by atoms with Gasteiger partial charge in [0.05, 0.1) is 5.39 Å². The number of thioether (sulfide) groups is 1.